The zero-order valence-corrected chi connectivity index (χ0v) is 12.0. The van der Waals surface area contributed by atoms with Crippen LogP contribution in [0.25, 0.3) is 11.0 Å². The molecule has 3 nitrogen and oxygen atoms in total. The summed E-state index contributed by atoms with van der Waals surface area (Å²) in [6.45, 7) is 0. The number of hydrogen-bond acceptors (Lipinski definition) is 2. The molecular formula is C17H23N3. The monoisotopic (exact) mass is 269 g/mol. The Labute approximate surface area is 120 Å². The van der Waals surface area contributed by atoms with Crippen LogP contribution in [0.4, 0.5) is 0 Å². The average Bonchev–Trinajstić information content (AvgIpc) is 3.25. The van der Waals surface area contributed by atoms with Crippen LogP contribution >= 0.6 is 0 Å². The highest BCUT2D eigenvalue weighted by atomic mass is 15.2. The van der Waals surface area contributed by atoms with E-state index in [4.69, 9.17) is 10.7 Å². The van der Waals surface area contributed by atoms with Gasteiger partial charge in [-0.15, -0.1) is 0 Å². The lowest BCUT2D eigenvalue weighted by Gasteiger charge is -2.28. The van der Waals surface area contributed by atoms with E-state index in [1.165, 1.54) is 44.0 Å². The van der Waals surface area contributed by atoms with Crippen molar-refractivity contribution in [3.8, 4) is 0 Å². The highest BCUT2D eigenvalue weighted by Crippen LogP contribution is 2.43. The fourth-order valence-electron chi connectivity index (χ4n) is 3.68. The Bertz CT molecular complexity index is 616. The maximum absolute atomic E-state index is 6.83. The minimum Gasteiger partial charge on any atom is -0.323 e. The predicted molar refractivity (Wildman–Crippen MR) is 81.6 cm³/mol. The van der Waals surface area contributed by atoms with Gasteiger partial charge < -0.3 is 10.3 Å². The summed E-state index contributed by atoms with van der Waals surface area (Å²) in [7, 11) is 0. The van der Waals surface area contributed by atoms with Crippen molar-refractivity contribution in [1.82, 2.24) is 9.55 Å². The summed E-state index contributed by atoms with van der Waals surface area (Å²) in [5, 5.41) is 0. The van der Waals surface area contributed by atoms with E-state index in [1.54, 1.807) is 0 Å². The van der Waals surface area contributed by atoms with Crippen molar-refractivity contribution in [2.24, 2.45) is 5.73 Å². The van der Waals surface area contributed by atoms with Crippen LogP contribution in [0.3, 0.4) is 0 Å². The Morgan fingerprint density at radius 2 is 1.75 bits per heavy atom. The standard InChI is InChI=1S/C17H23N3/c18-17(11-5-1-2-6-12-17)16-19-14-7-3-4-8-15(14)20(16)13-9-10-13/h3-4,7-8,13H,1-2,5-6,9-12,18H2. The Balaban J connectivity index is 1.87. The smallest absolute Gasteiger partial charge is 0.130 e. The maximum atomic E-state index is 6.83. The number of hydrogen-bond donors (Lipinski definition) is 1. The van der Waals surface area contributed by atoms with E-state index in [0.29, 0.717) is 6.04 Å². The summed E-state index contributed by atoms with van der Waals surface area (Å²) < 4.78 is 2.46. The lowest BCUT2D eigenvalue weighted by Crippen LogP contribution is -2.39. The number of nitrogens with two attached hydrogens (primary N) is 1. The molecule has 0 radical (unpaired) electrons. The van der Waals surface area contributed by atoms with Gasteiger partial charge in [0.25, 0.3) is 0 Å². The van der Waals surface area contributed by atoms with E-state index >= 15 is 0 Å². The molecule has 4 rings (SSSR count). The molecule has 0 aliphatic heterocycles. The minimum absolute atomic E-state index is 0.210. The maximum Gasteiger partial charge on any atom is 0.130 e. The first-order chi connectivity index (χ1) is 9.78. The van der Waals surface area contributed by atoms with Crippen molar-refractivity contribution in [3.63, 3.8) is 0 Å². The van der Waals surface area contributed by atoms with E-state index in [1.807, 2.05) is 0 Å². The summed E-state index contributed by atoms with van der Waals surface area (Å²) in [4.78, 5) is 4.95. The van der Waals surface area contributed by atoms with E-state index < -0.39 is 0 Å². The molecule has 20 heavy (non-hydrogen) atoms. The molecule has 106 valence electrons. The Kier molecular flexibility index (Phi) is 2.84. The largest absolute Gasteiger partial charge is 0.323 e. The van der Waals surface area contributed by atoms with Crippen molar-refractivity contribution >= 4 is 11.0 Å². The second kappa shape index (κ2) is 4.59. The molecule has 0 bridgehead atoms. The molecule has 1 aromatic heterocycles. The third-order valence-corrected chi connectivity index (χ3v) is 4.95. The molecule has 2 saturated carbocycles. The van der Waals surface area contributed by atoms with Crippen LogP contribution in [0, 0.1) is 0 Å². The van der Waals surface area contributed by atoms with Crippen LogP contribution in [0.5, 0.6) is 0 Å². The van der Waals surface area contributed by atoms with Gasteiger partial charge in [-0.3, -0.25) is 0 Å². The number of aromatic nitrogens is 2. The molecule has 2 aliphatic carbocycles. The zero-order valence-electron chi connectivity index (χ0n) is 12.0. The van der Waals surface area contributed by atoms with Gasteiger partial charge in [-0.2, -0.15) is 0 Å². The number of fused-ring (bicyclic) bond motifs is 1. The second-order valence-electron chi connectivity index (χ2n) is 6.60. The summed E-state index contributed by atoms with van der Waals surface area (Å²) >= 11 is 0. The molecule has 0 saturated heterocycles. The summed E-state index contributed by atoms with van der Waals surface area (Å²) in [6.07, 6.45) is 9.86. The molecule has 3 heteroatoms. The van der Waals surface area contributed by atoms with Gasteiger partial charge in [0.05, 0.1) is 16.6 Å². The lowest BCUT2D eigenvalue weighted by molar-refractivity contribution is 0.349. The normalized spacial score (nSPS) is 22.9. The third-order valence-electron chi connectivity index (χ3n) is 4.95. The van der Waals surface area contributed by atoms with Crippen molar-refractivity contribution in [2.45, 2.75) is 62.9 Å². The Hall–Kier alpha value is -1.35. The number of imidazole rings is 1. The SMILES string of the molecule is NC1(c2nc3ccccc3n2C2CC2)CCCCCC1. The number of nitrogens with zero attached hydrogens (tertiary/aromatic N) is 2. The van der Waals surface area contributed by atoms with Crippen LogP contribution in [0.15, 0.2) is 24.3 Å². The van der Waals surface area contributed by atoms with Gasteiger partial charge in [-0.1, -0.05) is 37.8 Å². The number of para-hydroxylation sites is 2. The van der Waals surface area contributed by atoms with Crippen molar-refractivity contribution < 1.29 is 0 Å². The molecule has 0 atom stereocenters. The van der Waals surface area contributed by atoms with E-state index in [9.17, 15) is 0 Å². The summed E-state index contributed by atoms with van der Waals surface area (Å²) in [5.41, 5.74) is 9.01. The van der Waals surface area contributed by atoms with Gasteiger partial charge in [0, 0.05) is 6.04 Å². The first-order valence-corrected chi connectivity index (χ1v) is 8.04. The number of rotatable bonds is 2. The molecule has 0 unspecified atom stereocenters. The minimum atomic E-state index is -0.210. The molecule has 2 aliphatic rings. The van der Waals surface area contributed by atoms with Crippen LogP contribution in [-0.4, -0.2) is 9.55 Å². The highest BCUT2D eigenvalue weighted by Gasteiger charge is 2.37. The fraction of sp³-hybridized carbons (Fsp3) is 0.588. The molecular weight excluding hydrogens is 246 g/mol. The third kappa shape index (κ3) is 1.96. The molecule has 0 spiro atoms. The van der Waals surface area contributed by atoms with Crippen LogP contribution in [-0.2, 0) is 5.54 Å². The molecule has 1 heterocycles. The van der Waals surface area contributed by atoms with Crippen LogP contribution < -0.4 is 5.73 Å². The van der Waals surface area contributed by atoms with E-state index in [2.05, 4.69) is 28.8 Å². The van der Waals surface area contributed by atoms with Crippen molar-refractivity contribution in [1.29, 1.82) is 0 Å². The van der Waals surface area contributed by atoms with Gasteiger partial charge in [-0.25, -0.2) is 4.98 Å². The summed E-state index contributed by atoms with van der Waals surface area (Å²) in [6, 6.07) is 9.15. The van der Waals surface area contributed by atoms with Crippen LogP contribution in [0.1, 0.15) is 63.2 Å². The van der Waals surface area contributed by atoms with Gasteiger partial charge in [0.1, 0.15) is 5.82 Å². The van der Waals surface area contributed by atoms with Crippen molar-refractivity contribution in [3.05, 3.63) is 30.1 Å². The first-order valence-electron chi connectivity index (χ1n) is 8.04. The topological polar surface area (TPSA) is 43.8 Å². The Morgan fingerprint density at radius 1 is 1.05 bits per heavy atom. The Morgan fingerprint density at radius 3 is 2.45 bits per heavy atom. The van der Waals surface area contributed by atoms with Gasteiger partial charge in [0.2, 0.25) is 0 Å². The molecule has 0 amide bonds. The summed E-state index contributed by atoms with van der Waals surface area (Å²) in [5.74, 6) is 1.16. The molecule has 1 aromatic carbocycles. The van der Waals surface area contributed by atoms with Gasteiger partial charge in [-0.05, 0) is 37.8 Å². The van der Waals surface area contributed by atoms with Crippen molar-refractivity contribution in [2.75, 3.05) is 0 Å². The average molecular weight is 269 g/mol. The highest BCUT2D eigenvalue weighted by molar-refractivity contribution is 5.76. The van der Waals surface area contributed by atoms with E-state index in [0.717, 1.165) is 24.2 Å². The quantitative estimate of drug-likeness (QED) is 0.841. The zero-order chi connectivity index (χ0) is 13.6. The molecule has 2 N–H and O–H groups in total. The number of benzene rings is 1. The molecule has 2 aromatic rings. The van der Waals surface area contributed by atoms with Gasteiger partial charge in [0.15, 0.2) is 0 Å². The van der Waals surface area contributed by atoms with Crippen LogP contribution in [0.2, 0.25) is 0 Å². The van der Waals surface area contributed by atoms with Gasteiger partial charge >= 0.3 is 0 Å². The molecule has 2 fully saturated rings. The fourth-order valence-corrected chi connectivity index (χ4v) is 3.68. The second-order valence-corrected chi connectivity index (χ2v) is 6.60. The first kappa shape index (κ1) is 12.4. The lowest BCUT2D eigenvalue weighted by atomic mass is 9.90. The predicted octanol–water partition coefficient (Wildman–Crippen LogP) is 3.88. The van der Waals surface area contributed by atoms with E-state index in [-0.39, 0.29) is 5.54 Å².